The number of halogens is 1. The van der Waals surface area contributed by atoms with Crippen LogP contribution in [0.2, 0.25) is 0 Å². The van der Waals surface area contributed by atoms with Crippen molar-refractivity contribution in [3.05, 3.63) is 33.3 Å². The number of carbonyl (C=O) groups is 2. The molecule has 5 heteroatoms. The summed E-state index contributed by atoms with van der Waals surface area (Å²) >= 11 is 3.51. The Balaban J connectivity index is 1.96. The molecule has 0 aromatic heterocycles. The molecule has 0 radical (unpaired) electrons. The van der Waals surface area contributed by atoms with E-state index >= 15 is 0 Å². The number of benzene rings is 1. The van der Waals surface area contributed by atoms with Gasteiger partial charge in [0.15, 0.2) is 5.78 Å². The zero-order chi connectivity index (χ0) is 16.8. The minimum atomic E-state index is -0.696. The van der Waals surface area contributed by atoms with Gasteiger partial charge in [0, 0.05) is 11.6 Å². The maximum atomic E-state index is 13.2. The van der Waals surface area contributed by atoms with E-state index in [4.69, 9.17) is 4.74 Å². The Morgan fingerprint density at radius 1 is 1.22 bits per heavy atom. The van der Waals surface area contributed by atoms with E-state index < -0.39 is 11.5 Å². The summed E-state index contributed by atoms with van der Waals surface area (Å²) in [4.78, 5) is 25.8. The smallest absolute Gasteiger partial charge is 0.235 e. The van der Waals surface area contributed by atoms with Crippen molar-refractivity contribution in [2.24, 2.45) is 0 Å². The zero-order valence-electron chi connectivity index (χ0n) is 13.7. The second-order valence-electron chi connectivity index (χ2n) is 6.71. The molecule has 3 rings (SSSR count). The van der Waals surface area contributed by atoms with Gasteiger partial charge in [0.05, 0.1) is 11.6 Å². The topological polar surface area (TPSA) is 55.4 Å². The van der Waals surface area contributed by atoms with Crippen LogP contribution in [0.4, 0.5) is 0 Å². The van der Waals surface area contributed by atoms with Crippen molar-refractivity contribution in [3.8, 4) is 0 Å². The van der Waals surface area contributed by atoms with Gasteiger partial charge in [-0.25, -0.2) is 0 Å². The van der Waals surface area contributed by atoms with Gasteiger partial charge in [-0.1, -0.05) is 22.0 Å². The van der Waals surface area contributed by atoms with Crippen molar-refractivity contribution in [3.63, 3.8) is 0 Å². The van der Waals surface area contributed by atoms with E-state index in [9.17, 15) is 9.59 Å². The van der Waals surface area contributed by atoms with Crippen molar-refractivity contribution in [1.82, 2.24) is 5.32 Å². The molecule has 1 unspecified atom stereocenters. The monoisotopic (exact) mass is 379 g/mol. The minimum Gasteiger partial charge on any atom is -0.381 e. The third-order valence-electron chi connectivity index (χ3n) is 5.43. The lowest BCUT2D eigenvalue weighted by molar-refractivity contribution is -0.126. The molecular formula is C18H22BrNO3. The van der Waals surface area contributed by atoms with Crippen LogP contribution in [0, 0.1) is 13.8 Å². The summed E-state index contributed by atoms with van der Waals surface area (Å²) in [7, 11) is 1.70. The second kappa shape index (κ2) is 6.02. The highest BCUT2D eigenvalue weighted by Gasteiger charge is 2.54. The molecule has 1 aliphatic carbocycles. The predicted octanol–water partition coefficient (Wildman–Crippen LogP) is 3.18. The highest BCUT2D eigenvalue weighted by Crippen LogP contribution is 2.42. The Bertz CT molecular complexity index is 662. The SMILES string of the molecule is COC1CCC2(CC1)NC(=O)C(c1c(C)ccc(Br)c1C)C2=O. The zero-order valence-corrected chi connectivity index (χ0v) is 15.3. The summed E-state index contributed by atoms with van der Waals surface area (Å²) in [6.07, 6.45) is 3.15. The molecule has 1 N–H and O–H groups in total. The molecule has 4 nitrogen and oxygen atoms in total. The van der Waals surface area contributed by atoms with E-state index in [0.29, 0.717) is 12.8 Å². The molecule has 1 saturated carbocycles. The molecule has 1 heterocycles. The Hall–Kier alpha value is -1.20. The lowest BCUT2D eigenvalue weighted by Crippen LogP contribution is -2.50. The summed E-state index contributed by atoms with van der Waals surface area (Å²) < 4.78 is 6.32. The average Bonchev–Trinajstić information content (AvgIpc) is 2.77. The number of ketones is 1. The number of aryl methyl sites for hydroxylation is 1. The van der Waals surface area contributed by atoms with Gasteiger partial charge in [0.1, 0.15) is 5.92 Å². The molecule has 1 aliphatic heterocycles. The van der Waals surface area contributed by atoms with Crippen LogP contribution in [0.5, 0.6) is 0 Å². The van der Waals surface area contributed by atoms with E-state index in [0.717, 1.165) is 34.0 Å². The number of ether oxygens (including phenoxy) is 1. The van der Waals surface area contributed by atoms with Gasteiger partial charge in [0.25, 0.3) is 0 Å². The Morgan fingerprint density at radius 2 is 1.87 bits per heavy atom. The van der Waals surface area contributed by atoms with Crippen molar-refractivity contribution >= 4 is 27.6 Å². The van der Waals surface area contributed by atoms with E-state index in [1.165, 1.54) is 0 Å². The summed E-state index contributed by atoms with van der Waals surface area (Å²) in [6.45, 7) is 3.92. The molecule has 1 aromatic carbocycles. The number of rotatable bonds is 2. The highest BCUT2D eigenvalue weighted by atomic mass is 79.9. The molecule has 2 fully saturated rings. The summed E-state index contributed by atoms with van der Waals surface area (Å²) in [5.41, 5.74) is 2.12. The van der Waals surface area contributed by atoms with E-state index in [2.05, 4.69) is 21.2 Å². The molecule has 2 aliphatic rings. The van der Waals surface area contributed by atoms with Crippen LogP contribution in [0.3, 0.4) is 0 Å². The van der Waals surface area contributed by atoms with Gasteiger partial charge in [0.2, 0.25) is 5.91 Å². The fraction of sp³-hybridized carbons (Fsp3) is 0.556. The van der Waals surface area contributed by atoms with Crippen molar-refractivity contribution in [2.45, 2.75) is 57.1 Å². The maximum Gasteiger partial charge on any atom is 0.235 e. The number of hydrogen-bond donors (Lipinski definition) is 1. The van der Waals surface area contributed by atoms with Crippen LogP contribution in [-0.4, -0.2) is 30.4 Å². The number of carbonyl (C=O) groups excluding carboxylic acids is 2. The number of amides is 1. The highest BCUT2D eigenvalue weighted by molar-refractivity contribution is 9.10. The molecule has 1 aromatic rings. The average molecular weight is 380 g/mol. The van der Waals surface area contributed by atoms with Crippen LogP contribution in [-0.2, 0) is 14.3 Å². The molecule has 1 spiro atoms. The quantitative estimate of drug-likeness (QED) is 0.802. The molecule has 124 valence electrons. The molecular weight excluding hydrogens is 358 g/mol. The first-order chi connectivity index (χ1) is 10.9. The standard InChI is InChI=1S/C18H22BrNO3/c1-10-4-5-13(19)11(2)14(10)15-16(21)18(20-17(15)22)8-6-12(23-3)7-9-18/h4-5,12,15H,6-9H2,1-3H3,(H,20,22). The first-order valence-corrected chi connectivity index (χ1v) is 8.83. The Kier molecular flexibility index (Phi) is 4.36. The maximum absolute atomic E-state index is 13.2. The second-order valence-corrected chi connectivity index (χ2v) is 7.56. The summed E-state index contributed by atoms with van der Waals surface area (Å²) in [6, 6.07) is 3.92. The molecule has 1 amide bonds. The van der Waals surface area contributed by atoms with Gasteiger partial charge in [-0.15, -0.1) is 0 Å². The lowest BCUT2D eigenvalue weighted by atomic mass is 9.75. The van der Waals surface area contributed by atoms with E-state index in [-0.39, 0.29) is 17.8 Å². The minimum absolute atomic E-state index is 0.0290. The van der Waals surface area contributed by atoms with Crippen molar-refractivity contribution < 1.29 is 14.3 Å². The predicted molar refractivity (Wildman–Crippen MR) is 91.5 cm³/mol. The first-order valence-electron chi connectivity index (χ1n) is 8.04. The number of Topliss-reactive ketones (excluding diaryl/α,β-unsaturated/α-hetero) is 1. The van der Waals surface area contributed by atoms with Gasteiger partial charge >= 0.3 is 0 Å². The van der Waals surface area contributed by atoms with Gasteiger partial charge in [-0.2, -0.15) is 0 Å². The third kappa shape index (κ3) is 2.64. The lowest BCUT2D eigenvalue weighted by Gasteiger charge is -2.35. The third-order valence-corrected chi connectivity index (χ3v) is 6.29. The Labute approximate surface area is 145 Å². The van der Waals surface area contributed by atoms with Crippen molar-refractivity contribution in [2.75, 3.05) is 7.11 Å². The fourth-order valence-electron chi connectivity index (χ4n) is 4.00. The fourth-order valence-corrected chi connectivity index (χ4v) is 4.35. The number of hydrogen-bond acceptors (Lipinski definition) is 3. The van der Waals surface area contributed by atoms with Crippen LogP contribution in [0.15, 0.2) is 16.6 Å². The molecule has 1 saturated heterocycles. The van der Waals surface area contributed by atoms with E-state index in [1.54, 1.807) is 7.11 Å². The normalized spacial score (nSPS) is 30.8. The molecule has 0 bridgehead atoms. The van der Waals surface area contributed by atoms with Gasteiger partial charge in [-0.05, 0) is 62.3 Å². The van der Waals surface area contributed by atoms with Crippen LogP contribution in [0.25, 0.3) is 0 Å². The number of methoxy groups -OCH3 is 1. The Morgan fingerprint density at radius 3 is 2.48 bits per heavy atom. The summed E-state index contributed by atoms with van der Waals surface area (Å²) in [5, 5.41) is 3.03. The first kappa shape index (κ1) is 16.7. The number of nitrogens with one attached hydrogen (secondary N) is 1. The van der Waals surface area contributed by atoms with E-state index in [1.807, 2.05) is 26.0 Å². The molecule has 23 heavy (non-hydrogen) atoms. The van der Waals surface area contributed by atoms with Gasteiger partial charge in [-0.3, -0.25) is 9.59 Å². The summed E-state index contributed by atoms with van der Waals surface area (Å²) in [5.74, 6) is -0.817. The van der Waals surface area contributed by atoms with Crippen LogP contribution in [0.1, 0.15) is 48.3 Å². The van der Waals surface area contributed by atoms with Crippen molar-refractivity contribution in [1.29, 1.82) is 0 Å². The van der Waals surface area contributed by atoms with Crippen LogP contribution >= 0.6 is 15.9 Å². The largest absolute Gasteiger partial charge is 0.381 e. The molecule has 1 atom stereocenters. The van der Waals surface area contributed by atoms with Crippen LogP contribution < -0.4 is 5.32 Å². The van der Waals surface area contributed by atoms with Gasteiger partial charge < -0.3 is 10.1 Å².